The average molecular weight is 382 g/mol. The Labute approximate surface area is 157 Å². The van der Waals surface area contributed by atoms with Crippen LogP contribution in [0.25, 0.3) is 15.7 Å². The standard InChI is InChI=1S/C19H14N2O3S2/c1-21-16(18(20)22)17(14-6-7-25-10-14)26-15-5-4-11-8-13(19(23)24)3-2-12(11)9-15/h2-10H,1H2,(H2,20,22)(H,23,24)/b17-16-. The van der Waals surface area contributed by atoms with Gasteiger partial charge in [0.15, 0.2) is 0 Å². The molecular weight excluding hydrogens is 368 g/mol. The summed E-state index contributed by atoms with van der Waals surface area (Å²) in [5.74, 6) is -1.60. The number of carboxylic acid groups (broad SMARTS) is 1. The maximum atomic E-state index is 11.7. The maximum absolute atomic E-state index is 11.7. The van der Waals surface area contributed by atoms with Crippen LogP contribution in [0.1, 0.15) is 15.9 Å². The lowest BCUT2D eigenvalue weighted by molar-refractivity contribution is -0.114. The summed E-state index contributed by atoms with van der Waals surface area (Å²) < 4.78 is 0. The summed E-state index contributed by atoms with van der Waals surface area (Å²) >= 11 is 2.88. The smallest absolute Gasteiger partial charge is 0.335 e. The predicted octanol–water partition coefficient (Wildman–Crippen LogP) is 4.25. The van der Waals surface area contributed by atoms with E-state index in [0.717, 1.165) is 21.2 Å². The van der Waals surface area contributed by atoms with E-state index in [1.54, 1.807) is 18.2 Å². The van der Waals surface area contributed by atoms with Gasteiger partial charge in [-0.3, -0.25) is 9.79 Å². The summed E-state index contributed by atoms with van der Waals surface area (Å²) in [6, 6.07) is 12.5. The van der Waals surface area contributed by atoms with E-state index < -0.39 is 11.9 Å². The summed E-state index contributed by atoms with van der Waals surface area (Å²) in [4.78, 5) is 28.1. The normalized spacial score (nSPS) is 11.8. The lowest BCUT2D eigenvalue weighted by atomic mass is 10.1. The van der Waals surface area contributed by atoms with Gasteiger partial charge in [-0.05, 0) is 58.6 Å². The molecule has 5 nitrogen and oxygen atoms in total. The number of hydrogen-bond acceptors (Lipinski definition) is 5. The molecule has 0 atom stereocenters. The molecule has 3 rings (SSSR count). The highest BCUT2D eigenvalue weighted by atomic mass is 32.2. The molecule has 0 aliphatic heterocycles. The zero-order valence-electron chi connectivity index (χ0n) is 13.5. The van der Waals surface area contributed by atoms with E-state index in [-0.39, 0.29) is 11.3 Å². The Bertz CT molecular complexity index is 1040. The SMILES string of the molecule is C=N/C(C(N)=O)=C(\Sc1ccc2cc(C(=O)O)ccc2c1)c1ccsc1. The van der Waals surface area contributed by atoms with E-state index >= 15 is 0 Å². The van der Waals surface area contributed by atoms with Crippen LogP contribution in [0.4, 0.5) is 0 Å². The van der Waals surface area contributed by atoms with Crippen molar-refractivity contribution in [3.8, 4) is 0 Å². The number of carbonyl (C=O) groups is 2. The quantitative estimate of drug-likeness (QED) is 0.379. The first-order valence-electron chi connectivity index (χ1n) is 7.48. The fourth-order valence-electron chi connectivity index (χ4n) is 2.44. The molecule has 0 radical (unpaired) electrons. The minimum absolute atomic E-state index is 0.120. The van der Waals surface area contributed by atoms with E-state index in [0.29, 0.717) is 4.91 Å². The van der Waals surface area contributed by atoms with Crippen LogP contribution in [0.5, 0.6) is 0 Å². The van der Waals surface area contributed by atoms with Crippen molar-refractivity contribution in [3.05, 3.63) is 70.0 Å². The second-order valence-corrected chi connectivity index (χ2v) is 7.21. The molecule has 1 amide bonds. The van der Waals surface area contributed by atoms with Crippen LogP contribution >= 0.6 is 23.1 Å². The molecule has 0 saturated carbocycles. The summed E-state index contributed by atoms with van der Waals surface area (Å²) in [5, 5.41) is 14.6. The lowest BCUT2D eigenvalue weighted by Gasteiger charge is -2.10. The van der Waals surface area contributed by atoms with Gasteiger partial charge in [0.25, 0.3) is 5.91 Å². The zero-order valence-corrected chi connectivity index (χ0v) is 15.1. The summed E-state index contributed by atoms with van der Waals surface area (Å²) in [6.45, 7) is 3.46. The van der Waals surface area contributed by atoms with Crippen molar-refractivity contribution in [2.45, 2.75) is 4.90 Å². The van der Waals surface area contributed by atoms with Crippen LogP contribution in [0.15, 0.2) is 68.8 Å². The van der Waals surface area contributed by atoms with Crippen molar-refractivity contribution >= 4 is 57.4 Å². The Morgan fingerprint density at radius 3 is 2.42 bits per heavy atom. The Morgan fingerprint density at radius 2 is 1.81 bits per heavy atom. The largest absolute Gasteiger partial charge is 0.478 e. The third-order valence-electron chi connectivity index (χ3n) is 3.67. The minimum Gasteiger partial charge on any atom is -0.478 e. The summed E-state index contributed by atoms with van der Waals surface area (Å²) in [6.07, 6.45) is 0. The van der Waals surface area contributed by atoms with E-state index in [1.165, 1.54) is 23.1 Å². The number of thioether (sulfide) groups is 1. The van der Waals surface area contributed by atoms with Crippen LogP contribution in [0, 0.1) is 0 Å². The topological polar surface area (TPSA) is 92.8 Å². The van der Waals surface area contributed by atoms with Crippen LogP contribution < -0.4 is 5.73 Å². The van der Waals surface area contributed by atoms with Crippen LogP contribution in [-0.2, 0) is 4.79 Å². The van der Waals surface area contributed by atoms with Gasteiger partial charge >= 0.3 is 5.97 Å². The molecule has 0 spiro atoms. The van der Waals surface area contributed by atoms with E-state index in [9.17, 15) is 9.59 Å². The van der Waals surface area contributed by atoms with Gasteiger partial charge in [0, 0.05) is 10.5 Å². The van der Waals surface area contributed by atoms with Gasteiger partial charge in [0.2, 0.25) is 0 Å². The Kier molecular flexibility index (Phi) is 5.20. The van der Waals surface area contributed by atoms with E-state index in [1.807, 2.05) is 35.0 Å². The molecule has 0 aliphatic rings. The highest BCUT2D eigenvalue weighted by Crippen LogP contribution is 2.39. The number of aliphatic imine (C=N–C) groups is 1. The monoisotopic (exact) mass is 382 g/mol. The van der Waals surface area contributed by atoms with Crippen molar-refractivity contribution in [2.24, 2.45) is 10.7 Å². The van der Waals surface area contributed by atoms with Gasteiger partial charge in [-0.25, -0.2) is 4.79 Å². The van der Waals surface area contributed by atoms with Gasteiger partial charge in [-0.2, -0.15) is 11.3 Å². The number of nitrogens with zero attached hydrogens (tertiary/aromatic N) is 1. The molecule has 3 aromatic rings. The minimum atomic E-state index is -0.962. The van der Waals surface area contributed by atoms with E-state index in [4.69, 9.17) is 10.8 Å². The molecule has 0 saturated heterocycles. The zero-order chi connectivity index (χ0) is 18.7. The number of fused-ring (bicyclic) bond motifs is 1. The first-order valence-corrected chi connectivity index (χ1v) is 9.24. The molecule has 3 N–H and O–H groups in total. The number of carbonyl (C=O) groups excluding carboxylic acids is 1. The average Bonchev–Trinajstić information content (AvgIpc) is 3.15. The maximum Gasteiger partial charge on any atom is 0.335 e. The van der Waals surface area contributed by atoms with E-state index in [2.05, 4.69) is 11.7 Å². The number of carboxylic acids is 1. The third-order valence-corrected chi connectivity index (χ3v) is 5.47. The van der Waals surface area contributed by atoms with Crippen LogP contribution in [-0.4, -0.2) is 23.7 Å². The molecule has 0 bridgehead atoms. The molecule has 130 valence electrons. The first-order chi connectivity index (χ1) is 12.5. The van der Waals surface area contributed by atoms with Crippen molar-refractivity contribution in [1.29, 1.82) is 0 Å². The van der Waals surface area contributed by atoms with Crippen molar-refractivity contribution in [2.75, 3.05) is 0 Å². The molecule has 1 heterocycles. The predicted molar refractivity (Wildman–Crippen MR) is 107 cm³/mol. The lowest BCUT2D eigenvalue weighted by Crippen LogP contribution is -2.13. The van der Waals surface area contributed by atoms with Crippen molar-refractivity contribution < 1.29 is 14.7 Å². The summed E-state index contributed by atoms with van der Waals surface area (Å²) in [7, 11) is 0. The number of amides is 1. The molecule has 2 aromatic carbocycles. The Balaban J connectivity index is 2.04. The third kappa shape index (κ3) is 3.68. The first kappa shape index (κ1) is 17.9. The number of nitrogens with two attached hydrogens (primary N) is 1. The Morgan fingerprint density at radius 1 is 1.08 bits per heavy atom. The molecule has 0 aliphatic carbocycles. The highest BCUT2D eigenvalue weighted by Gasteiger charge is 2.16. The second kappa shape index (κ2) is 7.55. The van der Waals surface area contributed by atoms with Crippen LogP contribution in [0.2, 0.25) is 0 Å². The molecule has 7 heteroatoms. The van der Waals surface area contributed by atoms with Gasteiger partial charge in [0.1, 0.15) is 5.70 Å². The van der Waals surface area contributed by atoms with Gasteiger partial charge in [-0.15, -0.1) is 0 Å². The molecule has 26 heavy (non-hydrogen) atoms. The van der Waals surface area contributed by atoms with Gasteiger partial charge < -0.3 is 10.8 Å². The fourth-order valence-corrected chi connectivity index (χ4v) is 4.22. The Hall–Kier alpha value is -2.90. The molecular formula is C19H14N2O3S2. The molecule has 0 fully saturated rings. The molecule has 1 aromatic heterocycles. The highest BCUT2D eigenvalue weighted by molar-refractivity contribution is 8.08. The molecule has 0 unspecified atom stereocenters. The number of thiophene rings is 1. The van der Waals surface area contributed by atoms with Gasteiger partial charge in [0.05, 0.1) is 10.5 Å². The van der Waals surface area contributed by atoms with Crippen molar-refractivity contribution in [1.82, 2.24) is 0 Å². The summed E-state index contributed by atoms with van der Waals surface area (Å²) in [5.41, 5.74) is 6.66. The fraction of sp³-hybridized carbons (Fsp3) is 0. The number of rotatable bonds is 6. The number of benzene rings is 2. The second-order valence-electron chi connectivity index (χ2n) is 5.34. The number of primary amides is 1. The van der Waals surface area contributed by atoms with Crippen LogP contribution in [0.3, 0.4) is 0 Å². The number of hydrogen-bond donors (Lipinski definition) is 2. The van der Waals surface area contributed by atoms with Crippen molar-refractivity contribution in [3.63, 3.8) is 0 Å². The van der Waals surface area contributed by atoms with Gasteiger partial charge in [-0.1, -0.05) is 23.9 Å². The number of aromatic carboxylic acids is 1.